The normalized spacial score (nSPS) is 21.3. The van der Waals surface area contributed by atoms with Gasteiger partial charge in [-0.2, -0.15) is 0 Å². The number of methoxy groups -OCH3 is 1. The van der Waals surface area contributed by atoms with Crippen LogP contribution in [0.1, 0.15) is 59.9 Å². The Hall–Kier alpha value is -1.76. The number of carbonyl (C=O) groups is 3. The Morgan fingerprint density at radius 3 is 2.50 bits per heavy atom. The van der Waals surface area contributed by atoms with E-state index in [1.54, 1.807) is 5.38 Å². The summed E-state index contributed by atoms with van der Waals surface area (Å²) >= 11 is 1.45. The summed E-state index contributed by atoms with van der Waals surface area (Å²) in [4.78, 5) is 38.5. The van der Waals surface area contributed by atoms with Gasteiger partial charge in [0.05, 0.1) is 18.5 Å². The lowest BCUT2D eigenvalue weighted by molar-refractivity contribution is -0.142. The van der Waals surface area contributed by atoms with Gasteiger partial charge in [-0.25, -0.2) is 4.98 Å². The molecule has 120 valence electrons. The number of nitrogens with zero attached hydrogens (tertiary/aromatic N) is 1. The first-order chi connectivity index (χ1) is 10.5. The number of ether oxygens (including phenoxy) is 1. The number of Topliss-reactive ketones (excluding diaryl/α,β-unsaturated/α-hetero) is 1. The molecule has 1 saturated carbocycles. The first-order valence-corrected chi connectivity index (χ1v) is 8.24. The zero-order chi connectivity index (χ0) is 16.1. The van der Waals surface area contributed by atoms with Gasteiger partial charge in [0.15, 0.2) is 0 Å². The third-order valence-electron chi connectivity index (χ3n) is 4.11. The van der Waals surface area contributed by atoms with Crippen molar-refractivity contribution in [1.29, 1.82) is 0 Å². The zero-order valence-electron chi connectivity index (χ0n) is 12.5. The van der Waals surface area contributed by atoms with E-state index in [1.165, 1.54) is 18.4 Å². The molecule has 1 amide bonds. The molecule has 1 aromatic rings. The molecule has 2 rings (SSSR count). The molecule has 1 aromatic heterocycles. The first kappa shape index (κ1) is 16.6. The van der Waals surface area contributed by atoms with Gasteiger partial charge in [0.2, 0.25) is 0 Å². The van der Waals surface area contributed by atoms with Crippen LogP contribution in [0.3, 0.4) is 0 Å². The van der Waals surface area contributed by atoms with Gasteiger partial charge >= 0.3 is 5.97 Å². The number of carbonyl (C=O) groups excluding carboxylic acids is 3. The highest BCUT2D eigenvalue weighted by Crippen LogP contribution is 2.37. The van der Waals surface area contributed by atoms with Crippen molar-refractivity contribution in [2.45, 2.75) is 44.4 Å². The highest BCUT2D eigenvalue weighted by atomic mass is 32.1. The second kappa shape index (κ2) is 7.49. The standard InChI is InChI=1S/C15H20N2O4S/c1-21-13(19)7-6-12(18)9-2-4-10(5-3-9)15-17-11(8-22-15)14(16)20/h8-10H,2-7H2,1H3,(H2,16,20). The van der Waals surface area contributed by atoms with E-state index in [0.29, 0.717) is 11.6 Å². The molecule has 0 saturated heterocycles. The smallest absolute Gasteiger partial charge is 0.305 e. The van der Waals surface area contributed by atoms with Crippen LogP contribution in [0.2, 0.25) is 0 Å². The van der Waals surface area contributed by atoms with Crippen LogP contribution in [-0.2, 0) is 14.3 Å². The van der Waals surface area contributed by atoms with Crippen LogP contribution in [0.15, 0.2) is 5.38 Å². The number of ketones is 1. The van der Waals surface area contributed by atoms with Gasteiger partial charge in [-0.15, -0.1) is 11.3 Å². The van der Waals surface area contributed by atoms with E-state index in [1.807, 2.05) is 0 Å². The number of nitrogens with two attached hydrogens (primary N) is 1. The predicted molar refractivity (Wildman–Crippen MR) is 81.6 cm³/mol. The van der Waals surface area contributed by atoms with Crippen molar-refractivity contribution in [1.82, 2.24) is 4.98 Å². The number of hydrogen-bond donors (Lipinski definition) is 1. The molecule has 0 radical (unpaired) electrons. The molecule has 0 aromatic carbocycles. The number of rotatable bonds is 6. The van der Waals surface area contributed by atoms with Gasteiger partial charge in [0.25, 0.3) is 5.91 Å². The average molecular weight is 324 g/mol. The van der Waals surface area contributed by atoms with Crippen LogP contribution in [0.4, 0.5) is 0 Å². The summed E-state index contributed by atoms with van der Waals surface area (Å²) in [7, 11) is 1.33. The summed E-state index contributed by atoms with van der Waals surface area (Å²) in [6, 6.07) is 0. The Bertz CT molecular complexity index is 562. The van der Waals surface area contributed by atoms with E-state index in [9.17, 15) is 14.4 Å². The summed E-state index contributed by atoms with van der Waals surface area (Å²) in [5.74, 6) is -0.391. The third kappa shape index (κ3) is 4.13. The Morgan fingerprint density at radius 1 is 1.27 bits per heavy atom. The lowest BCUT2D eigenvalue weighted by Gasteiger charge is -2.26. The maximum Gasteiger partial charge on any atom is 0.305 e. The third-order valence-corrected chi connectivity index (χ3v) is 5.12. The molecule has 1 heterocycles. The summed E-state index contributed by atoms with van der Waals surface area (Å²) in [5.41, 5.74) is 5.53. The second-order valence-electron chi connectivity index (χ2n) is 5.53. The summed E-state index contributed by atoms with van der Waals surface area (Å²) < 4.78 is 4.55. The molecule has 0 bridgehead atoms. The lowest BCUT2D eigenvalue weighted by Crippen LogP contribution is -2.22. The first-order valence-electron chi connectivity index (χ1n) is 7.36. The topological polar surface area (TPSA) is 99.3 Å². The zero-order valence-corrected chi connectivity index (χ0v) is 13.4. The molecule has 1 aliphatic carbocycles. The minimum absolute atomic E-state index is 0.0245. The van der Waals surface area contributed by atoms with Crippen molar-refractivity contribution in [3.63, 3.8) is 0 Å². The molecule has 0 unspecified atom stereocenters. The van der Waals surface area contributed by atoms with Crippen molar-refractivity contribution < 1.29 is 19.1 Å². The minimum atomic E-state index is -0.505. The highest BCUT2D eigenvalue weighted by molar-refractivity contribution is 7.09. The minimum Gasteiger partial charge on any atom is -0.469 e. The predicted octanol–water partition coefficient (Wildman–Crippen LogP) is 2.04. The Morgan fingerprint density at radius 2 is 1.95 bits per heavy atom. The monoisotopic (exact) mass is 324 g/mol. The van der Waals surface area contributed by atoms with Gasteiger partial charge in [-0.1, -0.05) is 0 Å². The largest absolute Gasteiger partial charge is 0.469 e. The van der Waals surface area contributed by atoms with Gasteiger partial charge in [0.1, 0.15) is 11.5 Å². The van der Waals surface area contributed by atoms with Crippen LogP contribution in [0.5, 0.6) is 0 Å². The molecule has 0 aliphatic heterocycles. The Balaban J connectivity index is 1.83. The Labute approximate surface area is 133 Å². The number of aromatic nitrogens is 1. The Kier molecular flexibility index (Phi) is 5.65. The number of amides is 1. The maximum atomic E-state index is 12.1. The summed E-state index contributed by atoms with van der Waals surface area (Å²) in [6.45, 7) is 0. The van der Waals surface area contributed by atoms with Crippen molar-refractivity contribution in [2.75, 3.05) is 7.11 Å². The number of esters is 1. The molecular formula is C15H20N2O4S. The quantitative estimate of drug-likeness (QED) is 0.807. The molecule has 0 atom stereocenters. The van der Waals surface area contributed by atoms with E-state index in [-0.39, 0.29) is 30.5 Å². The van der Waals surface area contributed by atoms with Crippen LogP contribution in [0.25, 0.3) is 0 Å². The molecule has 22 heavy (non-hydrogen) atoms. The molecule has 1 aliphatic rings. The number of hydrogen-bond acceptors (Lipinski definition) is 6. The van der Waals surface area contributed by atoms with Crippen LogP contribution in [-0.4, -0.2) is 29.8 Å². The van der Waals surface area contributed by atoms with Crippen molar-refractivity contribution in [2.24, 2.45) is 11.7 Å². The summed E-state index contributed by atoms with van der Waals surface area (Å²) in [6.07, 6.45) is 3.77. The molecular weight excluding hydrogens is 304 g/mol. The van der Waals surface area contributed by atoms with E-state index < -0.39 is 5.91 Å². The van der Waals surface area contributed by atoms with Crippen molar-refractivity contribution >= 4 is 29.0 Å². The molecule has 2 N–H and O–H groups in total. The molecule has 0 spiro atoms. The molecule has 1 fully saturated rings. The number of thiazole rings is 1. The van der Waals surface area contributed by atoms with E-state index in [4.69, 9.17) is 5.73 Å². The summed E-state index contributed by atoms with van der Waals surface area (Å²) in [5, 5.41) is 2.61. The van der Waals surface area contributed by atoms with Gasteiger partial charge in [-0.05, 0) is 25.7 Å². The lowest BCUT2D eigenvalue weighted by atomic mass is 9.79. The van der Waals surface area contributed by atoms with Gasteiger partial charge in [0, 0.05) is 23.6 Å². The molecule has 6 nitrogen and oxygen atoms in total. The average Bonchev–Trinajstić information content (AvgIpc) is 3.02. The van der Waals surface area contributed by atoms with Crippen LogP contribution >= 0.6 is 11.3 Å². The van der Waals surface area contributed by atoms with Crippen LogP contribution in [0, 0.1) is 5.92 Å². The van der Waals surface area contributed by atoms with Crippen molar-refractivity contribution in [3.8, 4) is 0 Å². The van der Waals surface area contributed by atoms with Crippen molar-refractivity contribution in [3.05, 3.63) is 16.1 Å². The number of primary amides is 1. The van der Waals surface area contributed by atoms with E-state index >= 15 is 0 Å². The maximum absolute atomic E-state index is 12.1. The van der Waals surface area contributed by atoms with Gasteiger partial charge < -0.3 is 10.5 Å². The fourth-order valence-corrected chi connectivity index (χ4v) is 3.76. The second-order valence-corrected chi connectivity index (χ2v) is 6.42. The highest BCUT2D eigenvalue weighted by Gasteiger charge is 2.28. The fourth-order valence-electron chi connectivity index (χ4n) is 2.78. The molecule has 7 heteroatoms. The van der Waals surface area contributed by atoms with Crippen LogP contribution < -0.4 is 5.73 Å². The van der Waals surface area contributed by atoms with Gasteiger partial charge in [-0.3, -0.25) is 14.4 Å². The SMILES string of the molecule is COC(=O)CCC(=O)C1CCC(c2nc(C(N)=O)cs2)CC1. The van der Waals surface area contributed by atoms with E-state index in [0.717, 1.165) is 30.7 Å². The fraction of sp³-hybridized carbons (Fsp3) is 0.600. The van der Waals surface area contributed by atoms with E-state index in [2.05, 4.69) is 9.72 Å².